The van der Waals surface area contributed by atoms with Crippen LogP contribution < -0.4 is 9.47 Å². The standard InChI is InChI=1S/C18H25NO6/c1-4-25-18(22)9-10-19(11-12-20)17(21)8-5-14-13-15(23-2)6-7-16(14)24-3/h5-8,13,20H,4,9-12H2,1-3H3/b8-5+. The molecular weight excluding hydrogens is 326 g/mol. The third-order valence-electron chi connectivity index (χ3n) is 3.42. The summed E-state index contributed by atoms with van der Waals surface area (Å²) in [6.07, 6.45) is 3.06. The quantitative estimate of drug-likeness (QED) is 0.508. The number of benzene rings is 1. The van der Waals surface area contributed by atoms with Crippen LogP contribution in [-0.2, 0) is 14.3 Å². The summed E-state index contributed by atoms with van der Waals surface area (Å²) in [5.41, 5.74) is 0.685. The molecule has 1 aromatic rings. The second kappa shape index (κ2) is 11.1. The number of aliphatic hydroxyl groups excluding tert-OH is 1. The number of carbonyl (C=O) groups excluding carboxylic acids is 2. The van der Waals surface area contributed by atoms with E-state index in [1.165, 1.54) is 11.0 Å². The topological polar surface area (TPSA) is 85.3 Å². The highest BCUT2D eigenvalue weighted by molar-refractivity contribution is 5.92. The lowest BCUT2D eigenvalue weighted by molar-refractivity contribution is -0.143. The molecule has 25 heavy (non-hydrogen) atoms. The van der Waals surface area contributed by atoms with Gasteiger partial charge in [-0.3, -0.25) is 9.59 Å². The molecule has 0 atom stereocenters. The van der Waals surface area contributed by atoms with Crippen molar-refractivity contribution >= 4 is 18.0 Å². The number of hydrogen-bond acceptors (Lipinski definition) is 6. The number of nitrogens with zero attached hydrogens (tertiary/aromatic N) is 1. The van der Waals surface area contributed by atoms with E-state index in [0.29, 0.717) is 23.7 Å². The highest BCUT2D eigenvalue weighted by Gasteiger charge is 2.13. The number of carbonyl (C=O) groups is 2. The van der Waals surface area contributed by atoms with Crippen molar-refractivity contribution in [2.75, 3.05) is 40.5 Å². The van der Waals surface area contributed by atoms with E-state index in [1.807, 2.05) is 0 Å². The van der Waals surface area contributed by atoms with Crippen molar-refractivity contribution in [2.45, 2.75) is 13.3 Å². The number of hydrogen-bond donors (Lipinski definition) is 1. The molecule has 0 saturated carbocycles. The van der Waals surface area contributed by atoms with Crippen molar-refractivity contribution in [3.8, 4) is 11.5 Å². The van der Waals surface area contributed by atoms with E-state index in [9.17, 15) is 9.59 Å². The zero-order valence-corrected chi connectivity index (χ0v) is 14.9. The SMILES string of the molecule is CCOC(=O)CCN(CCO)C(=O)/C=C/c1cc(OC)ccc1OC. The van der Waals surface area contributed by atoms with Crippen LogP contribution >= 0.6 is 0 Å². The van der Waals surface area contributed by atoms with Crippen LogP contribution in [0.2, 0.25) is 0 Å². The Labute approximate surface area is 147 Å². The fraction of sp³-hybridized carbons (Fsp3) is 0.444. The molecule has 0 aliphatic rings. The summed E-state index contributed by atoms with van der Waals surface area (Å²) in [5, 5.41) is 9.12. The van der Waals surface area contributed by atoms with Gasteiger partial charge in [0.05, 0.1) is 33.9 Å². The molecule has 1 rings (SSSR count). The lowest BCUT2D eigenvalue weighted by Crippen LogP contribution is -2.34. The van der Waals surface area contributed by atoms with Crippen molar-refractivity contribution in [3.05, 3.63) is 29.8 Å². The van der Waals surface area contributed by atoms with Crippen molar-refractivity contribution in [3.63, 3.8) is 0 Å². The molecule has 0 unspecified atom stereocenters. The number of esters is 1. The average Bonchev–Trinajstić information content (AvgIpc) is 2.63. The van der Waals surface area contributed by atoms with Crippen molar-refractivity contribution < 1.29 is 28.9 Å². The lowest BCUT2D eigenvalue weighted by Gasteiger charge is -2.19. The molecule has 1 aromatic carbocycles. The molecule has 0 aliphatic carbocycles. The van der Waals surface area contributed by atoms with Gasteiger partial charge in [0.25, 0.3) is 0 Å². The Bertz CT molecular complexity index is 599. The maximum atomic E-state index is 12.3. The zero-order valence-electron chi connectivity index (χ0n) is 14.9. The van der Waals surface area contributed by atoms with Crippen molar-refractivity contribution in [1.29, 1.82) is 0 Å². The summed E-state index contributed by atoms with van der Waals surface area (Å²) in [5.74, 6) is 0.549. The normalized spacial score (nSPS) is 10.6. The Hall–Kier alpha value is -2.54. The van der Waals surface area contributed by atoms with Gasteiger partial charge in [-0.1, -0.05) is 0 Å². The highest BCUT2D eigenvalue weighted by Crippen LogP contribution is 2.25. The zero-order chi connectivity index (χ0) is 18.7. The fourth-order valence-corrected chi connectivity index (χ4v) is 2.15. The molecule has 0 radical (unpaired) electrons. The van der Waals surface area contributed by atoms with Crippen LogP contribution in [0.15, 0.2) is 24.3 Å². The second-order valence-corrected chi connectivity index (χ2v) is 5.05. The fourth-order valence-electron chi connectivity index (χ4n) is 2.15. The smallest absolute Gasteiger partial charge is 0.307 e. The average molecular weight is 351 g/mol. The lowest BCUT2D eigenvalue weighted by atomic mass is 10.1. The van der Waals surface area contributed by atoms with E-state index < -0.39 is 0 Å². The molecule has 138 valence electrons. The summed E-state index contributed by atoms with van der Waals surface area (Å²) < 4.78 is 15.3. The van der Waals surface area contributed by atoms with E-state index in [2.05, 4.69) is 0 Å². The molecule has 0 aliphatic heterocycles. The van der Waals surface area contributed by atoms with Crippen LogP contribution in [0.25, 0.3) is 6.08 Å². The molecule has 7 heteroatoms. The Kier molecular flexibility index (Phi) is 9.10. The summed E-state index contributed by atoms with van der Waals surface area (Å²) >= 11 is 0. The van der Waals surface area contributed by atoms with Crippen molar-refractivity contribution in [1.82, 2.24) is 4.90 Å². The van der Waals surface area contributed by atoms with Crippen LogP contribution in [0.3, 0.4) is 0 Å². The van der Waals surface area contributed by atoms with Gasteiger partial charge in [-0.15, -0.1) is 0 Å². The molecule has 0 aromatic heterocycles. The maximum Gasteiger partial charge on any atom is 0.307 e. The number of amides is 1. The highest BCUT2D eigenvalue weighted by atomic mass is 16.5. The van der Waals surface area contributed by atoms with Gasteiger partial charge in [-0.05, 0) is 31.2 Å². The van der Waals surface area contributed by atoms with Crippen LogP contribution in [0.5, 0.6) is 11.5 Å². The summed E-state index contributed by atoms with van der Waals surface area (Å²) in [6, 6.07) is 5.25. The summed E-state index contributed by atoms with van der Waals surface area (Å²) in [6.45, 7) is 2.14. The molecule has 0 fully saturated rings. The Morgan fingerprint density at radius 1 is 1.20 bits per heavy atom. The molecule has 0 bridgehead atoms. The maximum absolute atomic E-state index is 12.3. The van der Waals surface area contributed by atoms with Crippen molar-refractivity contribution in [2.24, 2.45) is 0 Å². The predicted octanol–water partition coefficient (Wildman–Crippen LogP) is 1.49. The third-order valence-corrected chi connectivity index (χ3v) is 3.42. The predicted molar refractivity (Wildman–Crippen MR) is 93.5 cm³/mol. The van der Waals surface area contributed by atoms with Gasteiger partial charge in [-0.2, -0.15) is 0 Å². The number of rotatable bonds is 10. The van der Waals surface area contributed by atoms with Crippen LogP contribution in [0.1, 0.15) is 18.9 Å². The minimum absolute atomic E-state index is 0.0793. The second-order valence-electron chi connectivity index (χ2n) is 5.05. The number of methoxy groups -OCH3 is 2. The largest absolute Gasteiger partial charge is 0.497 e. The number of aliphatic hydroxyl groups is 1. The summed E-state index contributed by atoms with van der Waals surface area (Å²) in [4.78, 5) is 25.2. The molecule has 0 saturated heterocycles. The Morgan fingerprint density at radius 3 is 2.56 bits per heavy atom. The monoisotopic (exact) mass is 351 g/mol. The van der Waals surface area contributed by atoms with Gasteiger partial charge in [0.2, 0.25) is 5.91 Å². The van der Waals surface area contributed by atoms with E-state index >= 15 is 0 Å². The van der Waals surface area contributed by atoms with Gasteiger partial charge < -0.3 is 24.2 Å². The Morgan fingerprint density at radius 2 is 1.96 bits per heavy atom. The third kappa shape index (κ3) is 6.84. The first-order valence-corrected chi connectivity index (χ1v) is 8.01. The van der Waals surface area contributed by atoms with Crippen LogP contribution in [0.4, 0.5) is 0 Å². The first kappa shape index (κ1) is 20.5. The number of ether oxygens (including phenoxy) is 3. The van der Waals surface area contributed by atoms with E-state index in [4.69, 9.17) is 19.3 Å². The van der Waals surface area contributed by atoms with Crippen LogP contribution in [0, 0.1) is 0 Å². The molecule has 0 heterocycles. The van der Waals surface area contributed by atoms with Gasteiger partial charge in [-0.25, -0.2) is 0 Å². The van der Waals surface area contributed by atoms with E-state index in [1.54, 1.807) is 45.4 Å². The van der Waals surface area contributed by atoms with Crippen LogP contribution in [-0.4, -0.2) is 62.4 Å². The van der Waals surface area contributed by atoms with Gasteiger partial charge >= 0.3 is 5.97 Å². The first-order chi connectivity index (χ1) is 12.0. The molecule has 7 nitrogen and oxygen atoms in total. The van der Waals surface area contributed by atoms with Gasteiger partial charge in [0, 0.05) is 24.7 Å². The molecular formula is C18H25NO6. The minimum Gasteiger partial charge on any atom is -0.497 e. The first-order valence-electron chi connectivity index (χ1n) is 8.01. The Balaban J connectivity index is 2.81. The molecule has 0 spiro atoms. The van der Waals surface area contributed by atoms with E-state index in [0.717, 1.165) is 0 Å². The molecule has 1 N–H and O–H groups in total. The van der Waals surface area contributed by atoms with E-state index in [-0.39, 0.29) is 38.0 Å². The minimum atomic E-state index is -0.378. The summed E-state index contributed by atoms with van der Waals surface area (Å²) in [7, 11) is 3.09. The molecule has 1 amide bonds. The van der Waals surface area contributed by atoms with Gasteiger partial charge in [0.1, 0.15) is 11.5 Å². The van der Waals surface area contributed by atoms with Gasteiger partial charge in [0.15, 0.2) is 0 Å².